The van der Waals surface area contributed by atoms with Crippen molar-refractivity contribution in [2.75, 3.05) is 6.61 Å². The van der Waals surface area contributed by atoms with Crippen LogP contribution in [-0.2, 0) is 38.8 Å². The van der Waals surface area contributed by atoms with E-state index in [9.17, 15) is 13.2 Å². The van der Waals surface area contributed by atoms with E-state index in [1.807, 2.05) is 19.9 Å². The van der Waals surface area contributed by atoms with Gasteiger partial charge in [-0.15, -0.1) is 4.40 Å². The summed E-state index contributed by atoms with van der Waals surface area (Å²) in [7, 11) is -4.04. The Bertz CT molecular complexity index is 1240. The highest BCUT2D eigenvalue weighted by Gasteiger charge is 2.39. The zero-order valence-corrected chi connectivity index (χ0v) is 20.8. The molecule has 0 saturated carbocycles. The van der Waals surface area contributed by atoms with Gasteiger partial charge in [-0.25, -0.2) is 0 Å². The smallest absolute Gasteiger partial charge is 0.309 e. The molecule has 8 heteroatoms. The van der Waals surface area contributed by atoms with Gasteiger partial charge in [0.2, 0.25) is 0 Å². The van der Waals surface area contributed by atoms with Gasteiger partial charge in [0.25, 0.3) is 10.0 Å². The lowest BCUT2D eigenvalue weighted by Gasteiger charge is -2.39. The van der Waals surface area contributed by atoms with Gasteiger partial charge in [0, 0.05) is 5.56 Å². The number of fused-ring (bicyclic) bond motifs is 3. The third-order valence-electron chi connectivity index (χ3n) is 6.71. The Labute approximate surface area is 201 Å². The Kier molecular flexibility index (Phi) is 6.71. The fourth-order valence-electron chi connectivity index (χ4n) is 5.06. The molecule has 1 unspecified atom stereocenters. The molecule has 182 valence electrons. The first-order valence-corrected chi connectivity index (χ1v) is 13.3. The minimum Gasteiger partial charge on any atom is -0.486 e. The van der Waals surface area contributed by atoms with Crippen LogP contribution in [0.3, 0.4) is 0 Å². The van der Waals surface area contributed by atoms with Crippen LogP contribution in [0.2, 0.25) is 0 Å². The second-order valence-corrected chi connectivity index (χ2v) is 10.8. The highest BCUT2D eigenvalue weighted by atomic mass is 32.2. The molecule has 1 aliphatic heterocycles. The third kappa shape index (κ3) is 4.69. The molecule has 0 fully saturated rings. The number of sulfonamides is 1. The third-order valence-corrected chi connectivity index (χ3v) is 8.21. The quantitative estimate of drug-likeness (QED) is 0.377. The van der Waals surface area contributed by atoms with Crippen LogP contribution < -0.4 is 10.5 Å². The number of ether oxygens (including phenoxy) is 2. The van der Waals surface area contributed by atoms with E-state index in [1.54, 1.807) is 31.2 Å². The van der Waals surface area contributed by atoms with Gasteiger partial charge in [0.1, 0.15) is 17.2 Å². The second-order valence-electron chi connectivity index (χ2n) is 9.28. The molecular weight excluding hydrogens is 452 g/mol. The predicted molar refractivity (Wildman–Crippen MR) is 131 cm³/mol. The van der Waals surface area contributed by atoms with Crippen LogP contribution in [-0.4, -0.2) is 32.4 Å². The van der Waals surface area contributed by atoms with Crippen LogP contribution in [0.5, 0.6) is 5.75 Å². The largest absolute Gasteiger partial charge is 0.486 e. The SMILES string of the molecule is CCOC(=O)CC1(C)CCc2c(C)c(S(=O)(=O)/N=C(\N)c3ccccc3)c3c(c2O1)CCCC3. The van der Waals surface area contributed by atoms with Gasteiger partial charge >= 0.3 is 5.97 Å². The van der Waals surface area contributed by atoms with Gasteiger partial charge in [0.05, 0.1) is 17.9 Å². The fraction of sp³-hybridized carbons (Fsp3) is 0.462. The highest BCUT2D eigenvalue weighted by molar-refractivity contribution is 7.90. The summed E-state index contributed by atoms with van der Waals surface area (Å²) in [5, 5.41) is 0. The lowest BCUT2D eigenvalue weighted by atomic mass is 9.82. The van der Waals surface area contributed by atoms with Crippen LogP contribution in [0.1, 0.15) is 67.3 Å². The monoisotopic (exact) mass is 484 g/mol. The summed E-state index contributed by atoms with van der Waals surface area (Å²) in [5.74, 6) is 0.425. The van der Waals surface area contributed by atoms with Crippen LogP contribution in [0.15, 0.2) is 39.6 Å². The first-order chi connectivity index (χ1) is 16.1. The van der Waals surface area contributed by atoms with Crippen molar-refractivity contribution in [1.29, 1.82) is 0 Å². The van der Waals surface area contributed by atoms with Crippen molar-refractivity contribution in [2.24, 2.45) is 10.1 Å². The van der Waals surface area contributed by atoms with E-state index in [1.165, 1.54) is 0 Å². The average molecular weight is 485 g/mol. The molecule has 0 spiro atoms. The molecule has 7 nitrogen and oxygen atoms in total. The van der Waals surface area contributed by atoms with E-state index in [-0.39, 0.29) is 23.1 Å². The van der Waals surface area contributed by atoms with Gasteiger partial charge in [-0.05, 0) is 81.5 Å². The van der Waals surface area contributed by atoms with Crippen LogP contribution in [0.25, 0.3) is 0 Å². The number of amidine groups is 1. The van der Waals surface area contributed by atoms with E-state index < -0.39 is 15.6 Å². The minimum atomic E-state index is -4.04. The topological polar surface area (TPSA) is 108 Å². The van der Waals surface area contributed by atoms with Crippen LogP contribution in [0.4, 0.5) is 0 Å². The standard InChI is InChI=1S/C26H32N2O5S/c1-4-32-22(29)16-26(3)15-14-19-17(2)24(21-13-9-8-12-20(21)23(19)33-26)34(30,31)28-25(27)18-10-6-5-7-11-18/h5-7,10-11H,4,8-9,12-16H2,1-3H3,(H2,27,28). The Morgan fingerprint density at radius 1 is 1.12 bits per heavy atom. The van der Waals surface area contributed by atoms with Crippen molar-refractivity contribution >= 4 is 21.8 Å². The van der Waals surface area contributed by atoms with Crippen molar-refractivity contribution in [3.63, 3.8) is 0 Å². The van der Waals surface area contributed by atoms with E-state index in [4.69, 9.17) is 15.2 Å². The number of benzene rings is 2. The number of rotatable bonds is 6. The maximum atomic E-state index is 13.6. The van der Waals surface area contributed by atoms with E-state index in [0.717, 1.165) is 41.7 Å². The maximum absolute atomic E-state index is 13.6. The number of nitrogens with zero attached hydrogens (tertiary/aromatic N) is 1. The molecule has 34 heavy (non-hydrogen) atoms. The Balaban J connectivity index is 1.80. The number of esters is 1. The highest BCUT2D eigenvalue weighted by Crippen LogP contribution is 2.46. The molecule has 0 aromatic heterocycles. The summed E-state index contributed by atoms with van der Waals surface area (Å²) in [6, 6.07) is 8.90. The molecule has 1 heterocycles. The number of hydrogen-bond donors (Lipinski definition) is 1. The summed E-state index contributed by atoms with van der Waals surface area (Å²) in [4.78, 5) is 12.4. The number of nitrogens with two attached hydrogens (primary N) is 1. The minimum absolute atomic E-state index is 0.0273. The summed E-state index contributed by atoms with van der Waals surface area (Å²) < 4.78 is 42.8. The van der Waals surface area contributed by atoms with E-state index in [0.29, 0.717) is 37.0 Å². The molecule has 2 aromatic carbocycles. The molecule has 1 atom stereocenters. The summed E-state index contributed by atoms with van der Waals surface area (Å²) >= 11 is 0. The second kappa shape index (κ2) is 9.41. The first kappa shape index (κ1) is 24.3. The van der Waals surface area contributed by atoms with Crippen LogP contribution in [0, 0.1) is 6.92 Å². The van der Waals surface area contributed by atoms with Gasteiger partial charge in [-0.1, -0.05) is 30.3 Å². The van der Waals surface area contributed by atoms with Crippen LogP contribution >= 0.6 is 0 Å². The Morgan fingerprint density at radius 3 is 2.47 bits per heavy atom. The molecule has 0 radical (unpaired) electrons. The van der Waals surface area contributed by atoms with Gasteiger partial charge in [-0.3, -0.25) is 4.79 Å². The number of carbonyl (C=O) groups is 1. The molecule has 0 bridgehead atoms. The Morgan fingerprint density at radius 2 is 1.79 bits per heavy atom. The van der Waals surface area contributed by atoms with Crippen molar-refractivity contribution < 1.29 is 22.7 Å². The van der Waals surface area contributed by atoms with Gasteiger partial charge in [0.15, 0.2) is 0 Å². The molecule has 2 aliphatic rings. The van der Waals surface area contributed by atoms with Crippen molar-refractivity contribution in [2.45, 2.75) is 76.2 Å². The lowest BCUT2D eigenvalue weighted by molar-refractivity contribution is -0.147. The van der Waals surface area contributed by atoms with Crippen molar-refractivity contribution in [1.82, 2.24) is 0 Å². The van der Waals surface area contributed by atoms with E-state index >= 15 is 0 Å². The lowest BCUT2D eigenvalue weighted by Crippen LogP contribution is -2.40. The van der Waals surface area contributed by atoms with Crippen molar-refractivity contribution in [3.05, 3.63) is 58.1 Å². The van der Waals surface area contributed by atoms with E-state index in [2.05, 4.69) is 4.40 Å². The average Bonchev–Trinajstić information content (AvgIpc) is 2.79. The molecule has 2 aromatic rings. The molecule has 0 saturated heterocycles. The summed E-state index contributed by atoms with van der Waals surface area (Å²) in [6.45, 7) is 5.86. The zero-order valence-electron chi connectivity index (χ0n) is 20.0. The zero-order chi connectivity index (χ0) is 24.5. The predicted octanol–water partition coefficient (Wildman–Crippen LogP) is 4.00. The number of carbonyl (C=O) groups excluding carboxylic acids is 1. The Hall–Kier alpha value is -2.87. The summed E-state index contributed by atoms with van der Waals surface area (Å²) in [6.07, 6.45) is 4.58. The van der Waals surface area contributed by atoms with Gasteiger partial charge in [-0.2, -0.15) is 8.42 Å². The first-order valence-electron chi connectivity index (χ1n) is 11.8. The normalized spacial score (nSPS) is 20.1. The molecular formula is C26H32N2O5S. The molecule has 1 aliphatic carbocycles. The molecule has 0 amide bonds. The molecule has 2 N–H and O–H groups in total. The maximum Gasteiger partial charge on any atom is 0.309 e. The molecule has 4 rings (SSSR count). The number of hydrogen-bond acceptors (Lipinski definition) is 5. The van der Waals surface area contributed by atoms with Gasteiger partial charge < -0.3 is 15.2 Å². The fourth-order valence-corrected chi connectivity index (χ4v) is 6.56. The van der Waals surface area contributed by atoms with Crippen molar-refractivity contribution in [3.8, 4) is 5.75 Å². The summed E-state index contributed by atoms with van der Waals surface area (Å²) in [5.41, 5.74) is 9.21.